The molecule has 17 heavy (non-hydrogen) atoms. The summed E-state index contributed by atoms with van der Waals surface area (Å²) in [6, 6.07) is 3.98. The second kappa shape index (κ2) is 5.44. The number of halogens is 3. The van der Waals surface area contributed by atoms with Gasteiger partial charge in [-0.25, -0.2) is 8.78 Å². The van der Waals surface area contributed by atoms with Crippen LogP contribution in [0.1, 0.15) is 18.9 Å². The molecule has 1 fully saturated rings. The highest BCUT2D eigenvalue weighted by Gasteiger charge is 2.31. The first-order valence-corrected chi connectivity index (χ1v) is 6.69. The predicted molar refractivity (Wildman–Crippen MR) is 66.3 cm³/mol. The van der Waals surface area contributed by atoms with E-state index in [0.29, 0.717) is 12.3 Å². The van der Waals surface area contributed by atoms with Gasteiger partial charge >= 0.3 is 0 Å². The molecule has 3 unspecified atom stereocenters. The van der Waals surface area contributed by atoms with Gasteiger partial charge in [-0.05, 0) is 37.8 Å². The molecule has 0 radical (unpaired) electrons. The van der Waals surface area contributed by atoms with E-state index >= 15 is 0 Å². The fraction of sp³-hybridized carbons (Fsp3) is 0.538. The van der Waals surface area contributed by atoms with Gasteiger partial charge in [-0.1, -0.05) is 22.0 Å². The zero-order valence-corrected chi connectivity index (χ0v) is 11.2. The summed E-state index contributed by atoms with van der Waals surface area (Å²) in [6.45, 7) is 2.73. The van der Waals surface area contributed by atoms with Crippen LogP contribution in [-0.2, 0) is 11.2 Å². The zero-order chi connectivity index (χ0) is 12.4. The lowest BCUT2D eigenvalue weighted by Crippen LogP contribution is -2.24. The molecule has 0 N–H and O–H groups in total. The fourth-order valence-electron chi connectivity index (χ4n) is 2.30. The highest BCUT2D eigenvalue weighted by atomic mass is 79.9. The largest absolute Gasteiger partial charge is 0.378 e. The average Bonchev–Trinajstić information content (AvgIpc) is 2.70. The summed E-state index contributed by atoms with van der Waals surface area (Å²) in [4.78, 5) is 0.0476. The molecule has 0 spiro atoms. The predicted octanol–water partition coefficient (Wildman–Crippen LogP) is 3.70. The lowest BCUT2D eigenvalue weighted by Gasteiger charge is -2.20. The maximum Gasteiger partial charge on any atom is 0.129 e. The van der Waals surface area contributed by atoms with Gasteiger partial charge in [0.05, 0.1) is 6.10 Å². The first kappa shape index (κ1) is 13.0. The molecule has 0 bridgehead atoms. The van der Waals surface area contributed by atoms with Crippen molar-refractivity contribution in [2.24, 2.45) is 5.92 Å². The van der Waals surface area contributed by atoms with Gasteiger partial charge in [-0.15, -0.1) is 0 Å². The number of alkyl halides is 1. The van der Waals surface area contributed by atoms with Crippen molar-refractivity contribution in [3.63, 3.8) is 0 Å². The van der Waals surface area contributed by atoms with Crippen molar-refractivity contribution >= 4 is 15.9 Å². The SMILES string of the molecule is CC1OCCC1C(Br)Cc1c(F)cccc1F. The van der Waals surface area contributed by atoms with Gasteiger partial charge in [-0.3, -0.25) is 0 Å². The number of hydrogen-bond donors (Lipinski definition) is 0. The van der Waals surface area contributed by atoms with Crippen LogP contribution in [0.4, 0.5) is 8.78 Å². The van der Waals surface area contributed by atoms with Crippen LogP contribution in [-0.4, -0.2) is 17.5 Å². The van der Waals surface area contributed by atoms with E-state index in [1.165, 1.54) is 18.2 Å². The van der Waals surface area contributed by atoms with E-state index in [4.69, 9.17) is 4.74 Å². The smallest absolute Gasteiger partial charge is 0.129 e. The van der Waals surface area contributed by atoms with E-state index in [9.17, 15) is 8.78 Å². The van der Waals surface area contributed by atoms with Crippen molar-refractivity contribution in [3.05, 3.63) is 35.4 Å². The monoisotopic (exact) mass is 304 g/mol. The molecule has 3 atom stereocenters. The minimum atomic E-state index is -0.471. The van der Waals surface area contributed by atoms with Crippen LogP contribution in [0.2, 0.25) is 0 Å². The van der Waals surface area contributed by atoms with E-state index in [-0.39, 0.29) is 16.5 Å². The van der Waals surface area contributed by atoms with E-state index in [1.807, 2.05) is 6.92 Å². The van der Waals surface area contributed by atoms with Crippen molar-refractivity contribution in [1.29, 1.82) is 0 Å². The molecule has 4 heteroatoms. The average molecular weight is 305 g/mol. The Balaban J connectivity index is 2.10. The van der Waals surface area contributed by atoms with Gasteiger partial charge in [-0.2, -0.15) is 0 Å². The first-order valence-electron chi connectivity index (χ1n) is 5.78. The molecule has 2 rings (SSSR count). The normalized spacial score (nSPS) is 26.1. The number of benzene rings is 1. The van der Waals surface area contributed by atoms with Gasteiger partial charge in [0, 0.05) is 17.0 Å². The quantitative estimate of drug-likeness (QED) is 0.774. The Morgan fingerprint density at radius 2 is 2.06 bits per heavy atom. The maximum atomic E-state index is 13.5. The van der Waals surface area contributed by atoms with Crippen molar-refractivity contribution < 1.29 is 13.5 Å². The van der Waals surface area contributed by atoms with Crippen molar-refractivity contribution in [2.75, 3.05) is 6.61 Å². The second-order valence-electron chi connectivity index (χ2n) is 4.45. The summed E-state index contributed by atoms with van der Waals surface area (Å²) < 4.78 is 32.5. The van der Waals surface area contributed by atoms with Gasteiger partial charge in [0.15, 0.2) is 0 Å². The van der Waals surface area contributed by atoms with Gasteiger partial charge < -0.3 is 4.74 Å². The van der Waals surface area contributed by atoms with Crippen LogP contribution >= 0.6 is 15.9 Å². The van der Waals surface area contributed by atoms with Crippen LogP contribution in [0, 0.1) is 17.6 Å². The highest BCUT2D eigenvalue weighted by molar-refractivity contribution is 9.09. The third kappa shape index (κ3) is 2.86. The molecule has 1 nitrogen and oxygen atoms in total. The summed E-state index contributed by atoms with van der Waals surface area (Å²) in [5.41, 5.74) is 0.161. The lowest BCUT2D eigenvalue weighted by atomic mass is 9.94. The number of ether oxygens (including phenoxy) is 1. The Morgan fingerprint density at radius 1 is 1.41 bits per heavy atom. The molecule has 0 saturated carbocycles. The zero-order valence-electron chi connectivity index (χ0n) is 9.63. The third-order valence-corrected chi connectivity index (χ3v) is 4.36. The fourth-order valence-corrected chi connectivity index (χ4v) is 3.31. The summed E-state index contributed by atoms with van der Waals surface area (Å²) in [6.07, 6.45) is 1.44. The Labute approximate surface area is 108 Å². The molecule has 1 heterocycles. The lowest BCUT2D eigenvalue weighted by molar-refractivity contribution is 0.105. The minimum Gasteiger partial charge on any atom is -0.378 e. The van der Waals surface area contributed by atoms with Crippen LogP contribution in [0.3, 0.4) is 0 Å². The minimum absolute atomic E-state index is 0.0476. The Bertz CT molecular complexity index is 377. The van der Waals surface area contributed by atoms with Crippen molar-refractivity contribution in [3.8, 4) is 0 Å². The van der Waals surface area contributed by atoms with E-state index in [1.54, 1.807) is 0 Å². The number of rotatable bonds is 3. The molecule has 1 saturated heterocycles. The van der Waals surface area contributed by atoms with Crippen LogP contribution < -0.4 is 0 Å². The van der Waals surface area contributed by atoms with Gasteiger partial charge in [0.25, 0.3) is 0 Å². The molecule has 1 aliphatic rings. The Kier molecular flexibility index (Phi) is 4.15. The Hall–Kier alpha value is -0.480. The standard InChI is InChI=1S/C13H15BrF2O/c1-8-9(5-6-17-8)11(14)7-10-12(15)3-2-4-13(10)16/h2-4,8-9,11H,5-7H2,1H3. The van der Waals surface area contributed by atoms with Crippen LogP contribution in [0.25, 0.3) is 0 Å². The topological polar surface area (TPSA) is 9.23 Å². The molecule has 0 aromatic heterocycles. The van der Waals surface area contributed by atoms with Crippen LogP contribution in [0.15, 0.2) is 18.2 Å². The molecule has 94 valence electrons. The summed E-state index contributed by atoms with van der Waals surface area (Å²) in [5.74, 6) is -0.629. The molecule has 0 aliphatic carbocycles. The van der Waals surface area contributed by atoms with E-state index < -0.39 is 11.6 Å². The first-order chi connectivity index (χ1) is 8.09. The maximum absolute atomic E-state index is 13.5. The molecular weight excluding hydrogens is 290 g/mol. The van der Waals surface area contributed by atoms with E-state index in [2.05, 4.69) is 15.9 Å². The van der Waals surface area contributed by atoms with E-state index in [0.717, 1.165) is 13.0 Å². The second-order valence-corrected chi connectivity index (χ2v) is 5.62. The molecule has 0 amide bonds. The van der Waals surface area contributed by atoms with Gasteiger partial charge in [0.2, 0.25) is 0 Å². The molecule has 1 aromatic rings. The Morgan fingerprint density at radius 3 is 2.59 bits per heavy atom. The molecule has 1 aliphatic heterocycles. The summed E-state index contributed by atoms with van der Waals surface area (Å²) >= 11 is 3.54. The van der Waals surface area contributed by atoms with Gasteiger partial charge in [0.1, 0.15) is 11.6 Å². The molecule has 1 aromatic carbocycles. The summed E-state index contributed by atoms with van der Waals surface area (Å²) in [5, 5.41) is 0. The highest BCUT2D eigenvalue weighted by Crippen LogP contribution is 2.31. The van der Waals surface area contributed by atoms with Crippen LogP contribution in [0.5, 0.6) is 0 Å². The molecular formula is C13H15BrF2O. The van der Waals surface area contributed by atoms with Crippen molar-refractivity contribution in [2.45, 2.75) is 30.7 Å². The number of hydrogen-bond acceptors (Lipinski definition) is 1. The van der Waals surface area contributed by atoms with Crippen molar-refractivity contribution in [1.82, 2.24) is 0 Å². The summed E-state index contributed by atoms with van der Waals surface area (Å²) in [7, 11) is 0. The third-order valence-electron chi connectivity index (χ3n) is 3.36.